The quantitative estimate of drug-likeness (QED) is 0.604. The van der Waals surface area contributed by atoms with Crippen LogP contribution in [0.2, 0.25) is 25.7 Å². The molecule has 0 aliphatic rings. The van der Waals surface area contributed by atoms with Gasteiger partial charge in [0.2, 0.25) is 0 Å². The van der Waals surface area contributed by atoms with E-state index in [9.17, 15) is 0 Å². The maximum atomic E-state index is 9.14. The highest BCUT2D eigenvalue weighted by molar-refractivity contribution is 9.10. The summed E-state index contributed by atoms with van der Waals surface area (Å²) in [6, 6.07) is 9.08. The number of hydrogen-bond donors (Lipinski definition) is 0. The molecule has 0 aliphatic heterocycles. The van der Waals surface area contributed by atoms with Gasteiger partial charge in [0.15, 0.2) is 5.69 Å². The standard InChI is InChI=1S/C14H18BrN3OSi/c1-20(2,3)7-6-19-10-18-14-5-4-11(15)8-12(14)13(9-16)17-18/h4-5,8H,6-7,10H2,1-3H3. The SMILES string of the molecule is C[Si](C)(C)CCOCn1nc(C#N)c2cc(Br)ccc21. The lowest BCUT2D eigenvalue weighted by molar-refractivity contribution is 0.0816. The van der Waals surface area contributed by atoms with Gasteiger partial charge in [0.05, 0.1) is 5.52 Å². The lowest BCUT2D eigenvalue weighted by Gasteiger charge is -2.15. The molecule has 0 fully saturated rings. The molecule has 0 spiro atoms. The predicted molar refractivity (Wildman–Crippen MR) is 86.3 cm³/mol. The minimum Gasteiger partial charge on any atom is -0.360 e. The van der Waals surface area contributed by atoms with Crippen LogP contribution in [0.4, 0.5) is 0 Å². The highest BCUT2D eigenvalue weighted by Crippen LogP contribution is 2.22. The van der Waals surface area contributed by atoms with Crippen LogP contribution in [0.15, 0.2) is 22.7 Å². The van der Waals surface area contributed by atoms with Crippen LogP contribution in [0.3, 0.4) is 0 Å². The fourth-order valence-electron chi connectivity index (χ4n) is 1.86. The van der Waals surface area contributed by atoms with Crippen molar-refractivity contribution < 1.29 is 4.74 Å². The van der Waals surface area contributed by atoms with Crippen LogP contribution in [0.25, 0.3) is 10.9 Å². The maximum Gasteiger partial charge on any atom is 0.170 e. The highest BCUT2D eigenvalue weighted by atomic mass is 79.9. The second-order valence-corrected chi connectivity index (χ2v) is 12.5. The number of aromatic nitrogens is 2. The van der Waals surface area contributed by atoms with Crippen molar-refractivity contribution in [3.8, 4) is 6.07 Å². The number of ether oxygens (including phenoxy) is 1. The predicted octanol–water partition coefficient (Wildman–Crippen LogP) is 3.98. The molecule has 2 aromatic rings. The van der Waals surface area contributed by atoms with Crippen molar-refractivity contribution >= 4 is 34.9 Å². The Morgan fingerprint density at radius 1 is 1.40 bits per heavy atom. The number of halogens is 1. The van der Waals surface area contributed by atoms with E-state index in [2.05, 4.69) is 46.7 Å². The summed E-state index contributed by atoms with van der Waals surface area (Å²) < 4.78 is 8.41. The molecule has 0 atom stereocenters. The summed E-state index contributed by atoms with van der Waals surface area (Å²) in [5.74, 6) is 0. The van der Waals surface area contributed by atoms with Crippen molar-refractivity contribution in [3.05, 3.63) is 28.4 Å². The molecule has 0 radical (unpaired) electrons. The van der Waals surface area contributed by atoms with E-state index >= 15 is 0 Å². The molecule has 1 aromatic heterocycles. The van der Waals surface area contributed by atoms with E-state index in [0.29, 0.717) is 12.4 Å². The Morgan fingerprint density at radius 2 is 2.15 bits per heavy atom. The van der Waals surface area contributed by atoms with Gasteiger partial charge >= 0.3 is 0 Å². The normalized spacial score (nSPS) is 11.8. The number of rotatable bonds is 5. The topological polar surface area (TPSA) is 50.8 Å². The number of nitriles is 1. The van der Waals surface area contributed by atoms with E-state index in [-0.39, 0.29) is 0 Å². The molecule has 0 bridgehead atoms. The average molecular weight is 352 g/mol. The zero-order chi connectivity index (χ0) is 14.8. The van der Waals surface area contributed by atoms with Crippen LogP contribution >= 0.6 is 15.9 Å². The lowest BCUT2D eigenvalue weighted by Crippen LogP contribution is -2.22. The van der Waals surface area contributed by atoms with E-state index in [1.165, 1.54) is 0 Å². The number of fused-ring (bicyclic) bond motifs is 1. The van der Waals surface area contributed by atoms with Crippen LogP contribution < -0.4 is 0 Å². The van der Waals surface area contributed by atoms with Gasteiger partial charge in [-0.05, 0) is 24.2 Å². The van der Waals surface area contributed by atoms with E-state index < -0.39 is 8.07 Å². The first-order chi connectivity index (χ1) is 9.40. The van der Waals surface area contributed by atoms with E-state index in [0.717, 1.165) is 28.0 Å². The minimum absolute atomic E-state index is 0.393. The number of nitrogens with zero attached hydrogens (tertiary/aromatic N) is 3. The molecule has 6 heteroatoms. The lowest BCUT2D eigenvalue weighted by atomic mass is 10.2. The Kier molecular flexibility index (Phi) is 4.63. The molecule has 0 unspecified atom stereocenters. The fraction of sp³-hybridized carbons (Fsp3) is 0.429. The summed E-state index contributed by atoms with van der Waals surface area (Å²) in [5, 5.41) is 14.3. The Hall–Kier alpha value is -1.16. The summed E-state index contributed by atoms with van der Waals surface area (Å²) >= 11 is 3.42. The molecule has 20 heavy (non-hydrogen) atoms. The number of hydrogen-bond acceptors (Lipinski definition) is 3. The maximum absolute atomic E-state index is 9.14. The zero-order valence-electron chi connectivity index (χ0n) is 12.0. The van der Waals surface area contributed by atoms with Crippen molar-refractivity contribution in [2.24, 2.45) is 0 Å². The monoisotopic (exact) mass is 351 g/mol. The second-order valence-electron chi connectivity index (χ2n) is 5.97. The second kappa shape index (κ2) is 6.08. The number of benzene rings is 1. The van der Waals surface area contributed by atoms with Gasteiger partial charge in [-0.1, -0.05) is 35.6 Å². The molecular weight excluding hydrogens is 334 g/mol. The first kappa shape index (κ1) is 15.2. The molecule has 4 nitrogen and oxygen atoms in total. The summed E-state index contributed by atoms with van der Waals surface area (Å²) in [4.78, 5) is 0. The minimum atomic E-state index is -1.07. The molecule has 1 aromatic carbocycles. The smallest absolute Gasteiger partial charge is 0.170 e. The molecule has 0 saturated carbocycles. The summed E-state index contributed by atoms with van der Waals surface area (Å²) in [6.45, 7) is 8.11. The third-order valence-corrected chi connectivity index (χ3v) is 5.23. The Bertz CT molecular complexity index is 655. The van der Waals surface area contributed by atoms with E-state index in [1.807, 2.05) is 18.2 Å². The van der Waals surface area contributed by atoms with Crippen molar-refractivity contribution in [2.75, 3.05) is 6.61 Å². The molecule has 106 valence electrons. The van der Waals surface area contributed by atoms with Crippen LogP contribution in [-0.4, -0.2) is 24.5 Å². The molecule has 1 heterocycles. The van der Waals surface area contributed by atoms with Gasteiger partial charge in [-0.2, -0.15) is 10.4 Å². The fourth-order valence-corrected chi connectivity index (χ4v) is 2.98. The third kappa shape index (κ3) is 3.69. The van der Waals surface area contributed by atoms with Crippen LogP contribution in [0.1, 0.15) is 5.69 Å². The van der Waals surface area contributed by atoms with E-state index in [4.69, 9.17) is 10.00 Å². The van der Waals surface area contributed by atoms with Crippen molar-refractivity contribution in [1.82, 2.24) is 9.78 Å². The van der Waals surface area contributed by atoms with Gasteiger partial charge in [-0.15, -0.1) is 0 Å². The van der Waals surface area contributed by atoms with Crippen LogP contribution in [0.5, 0.6) is 0 Å². The van der Waals surface area contributed by atoms with Gasteiger partial charge in [0.25, 0.3) is 0 Å². The summed E-state index contributed by atoms with van der Waals surface area (Å²) in [5.41, 5.74) is 1.37. The van der Waals surface area contributed by atoms with E-state index in [1.54, 1.807) is 4.68 Å². The highest BCUT2D eigenvalue weighted by Gasteiger charge is 2.13. The van der Waals surface area contributed by atoms with Crippen molar-refractivity contribution in [3.63, 3.8) is 0 Å². The average Bonchev–Trinajstić information content (AvgIpc) is 2.71. The Balaban J connectivity index is 2.13. The van der Waals surface area contributed by atoms with Crippen LogP contribution in [-0.2, 0) is 11.5 Å². The molecule has 2 rings (SSSR count). The van der Waals surface area contributed by atoms with Gasteiger partial charge in [-0.25, -0.2) is 4.68 Å². The first-order valence-electron chi connectivity index (χ1n) is 6.54. The Morgan fingerprint density at radius 3 is 2.80 bits per heavy atom. The molecular formula is C14H18BrN3OSi. The van der Waals surface area contributed by atoms with Gasteiger partial charge in [-0.3, -0.25) is 0 Å². The van der Waals surface area contributed by atoms with Gasteiger partial charge < -0.3 is 4.74 Å². The van der Waals surface area contributed by atoms with Crippen molar-refractivity contribution in [2.45, 2.75) is 32.4 Å². The largest absolute Gasteiger partial charge is 0.360 e. The zero-order valence-corrected chi connectivity index (χ0v) is 14.6. The molecule has 0 amide bonds. The summed E-state index contributed by atoms with van der Waals surface area (Å²) in [6.07, 6.45) is 0. The summed E-state index contributed by atoms with van der Waals surface area (Å²) in [7, 11) is -1.07. The molecule has 0 N–H and O–H groups in total. The Labute approximate surface area is 128 Å². The van der Waals surface area contributed by atoms with Crippen molar-refractivity contribution in [1.29, 1.82) is 5.26 Å². The van der Waals surface area contributed by atoms with Crippen LogP contribution in [0, 0.1) is 11.3 Å². The third-order valence-electron chi connectivity index (χ3n) is 3.03. The molecule has 0 saturated heterocycles. The first-order valence-corrected chi connectivity index (χ1v) is 11.0. The molecule has 0 aliphatic carbocycles. The van der Waals surface area contributed by atoms with Gasteiger partial charge in [0.1, 0.15) is 12.8 Å². The van der Waals surface area contributed by atoms with Gasteiger partial charge in [0, 0.05) is 24.5 Å².